The third-order valence-electron chi connectivity index (χ3n) is 4.46. The summed E-state index contributed by atoms with van der Waals surface area (Å²) in [7, 11) is 3.21. The molecule has 1 aromatic carbocycles. The van der Waals surface area contributed by atoms with Crippen LogP contribution in [0.4, 0.5) is 0 Å². The minimum Gasteiger partial charge on any atom is -0.454 e. The van der Waals surface area contributed by atoms with Crippen LogP contribution in [0.2, 0.25) is 0 Å². The number of ether oxygens (including phenoxy) is 1. The van der Waals surface area contributed by atoms with Crippen molar-refractivity contribution in [3.8, 4) is 0 Å². The van der Waals surface area contributed by atoms with Crippen molar-refractivity contribution in [2.75, 3.05) is 26.5 Å². The van der Waals surface area contributed by atoms with Gasteiger partial charge in [0.25, 0.3) is 5.91 Å². The van der Waals surface area contributed by atoms with E-state index in [1.807, 2.05) is 30.3 Å². The summed E-state index contributed by atoms with van der Waals surface area (Å²) in [6.07, 6.45) is 1.10. The molecule has 128 valence electrons. The van der Waals surface area contributed by atoms with E-state index in [0.29, 0.717) is 18.6 Å². The Labute approximate surface area is 145 Å². The van der Waals surface area contributed by atoms with Gasteiger partial charge in [0.15, 0.2) is 6.61 Å². The molecular formula is C17H20N2O4S. The predicted octanol–water partition coefficient (Wildman–Crippen LogP) is 1.21. The minimum absolute atomic E-state index is 0.0373. The van der Waals surface area contributed by atoms with Crippen molar-refractivity contribution in [1.82, 2.24) is 9.80 Å². The van der Waals surface area contributed by atoms with E-state index in [2.05, 4.69) is 0 Å². The van der Waals surface area contributed by atoms with E-state index in [-0.39, 0.29) is 18.4 Å². The molecule has 1 aromatic rings. The van der Waals surface area contributed by atoms with Crippen molar-refractivity contribution in [1.29, 1.82) is 0 Å². The first-order valence-electron chi connectivity index (χ1n) is 7.84. The van der Waals surface area contributed by atoms with Gasteiger partial charge >= 0.3 is 5.97 Å². The van der Waals surface area contributed by atoms with Gasteiger partial charge in [0.05, 0.1) is 0 Å². The second-order valence-electron chi connectivity index (χ2n) is 6.14. The summed E-state index contributed by atoms with van der Waals surface area (Å²) in [5, 5.41) is 0. The lowest BCUT2D eigenvalue weighted by atomic mass is 10.0. The number of fused-ring (bicyclic) bond motifs is 1. The number of likely N-dealkylation sites (N-methyl/N-ethyl adjacent to an activating group) is 1. The molecule has 2 aliphatic heterocycles. The summed E-state index contributed by atoms with van der Waals surface area (Å²) in [6.45, 7) is -0.298. The number of esters is 1. The zero-order chi connectivity index (χ0) is 17.3. The van der Waals surface area contributed by atoms with E-state index in [1.165, 1.54) is 4.90 Å². The second-order valence-corrected chi connectivity index (χ2v) is 7.43. The van der Waals surface area contributed by atoms with Gasteiger partial charge in [0, 0.05) is 26.3 Å². The molecular weight excluding hydrogens is 328 g/mol. The molecule has 2 fully saturated rings. The maximum Gasteiger partial charge on any atom is 0.330 e. The fourth-order valence-corrected chi connectivity index (χ4v) is 4.81. The SMILES string of the molecule is CN(C)C(=O)COC(=O)[C@@H]1CS[C@]2(c3ccccc3)CCC(=O)N12. The standard InChI is InChI=1S/C17H20N2O4S/c1-18(2)15(21)10-23-16(22)13-11-24-17(9-8-14(20)19(13)17)12-6-4-3-5-7-12/h3-7,13H,8-11H2,1-2H3/t13-,17-/m0/s1. The van der Waals surface area contributed by atoms with Gasteiger partial charge in [-0.2, -0.15) is 0 Å². The van der Waals surface area contributed by atoms with E-state index < -0.39 is 16.9 Å². The van der Waals surface area contributed by atoms with Crippen molar-refractivity contribution in [2.45, 2.75) is 23.8 Å². The molecule has 3 rings (SSSR count). The summed E-state index contributed by atoms with van der Waals surface area (Å²) in [4.78, 5) is 39.0. The van der Waals surface area contributed by atoms with Crippen LogP contribution in [0.5, 0.6) is 0 Å². The number of carbonyl (C=O) groups excluding carboxylic acids is 3. The zero-order valence-electron chi connectivity index (χ0n) is 13.7. The van der Waals surface area contributed by atoms with Crippen molar-refractivity contribution < 1.29 is 19.1 Å². The van der Waals surface area contributed by atoms with E-state index >= 15 is 0 Å². The fourth-order valence-electron chi connectivity index (χ4n) is 3.17. The molecule has 2 heterocycles. The van der Waals surface area contributed by atoms with Crippen molar-refractivity contribution in [3.05, 3.63) is 35.9 Å². The van der Waals surface area contributed by atoms with Crippen molar-refractivity contribution >= 4 is 29.5 Å². The maximum absolute atomic E-state index is 12.4. The van der Waals surface area contributed by atoms with Crippen molar-refractivity contribution in [2.24, 2.45) is 0 Å². The highest BCUT2D eigenvalue weighted by Gasteiger charge is 2.57. The van der Waals surface area contributed by atoms with Gasteiger partial charge in [-0.25, -0.2) is 4.79 Å². The number of hydrogen-bond donors (Lipinski definition) is 0. The molecule has 2 saturated heterocycles. The lowest BCUT2D eigenvalue weighted by Gasteiger charge is -2.33. The molecule has 0 N–H and O–H groups in total. The van der Waals surface area contributed by atoms with Crippen LogP contribution in [0.1, 0.15) is 18.4 Å². The number of benzene rings is 1. The molecule has 2 amide bonds. The first kappa shape index (κ1) is 16.8. The van der Waals surface area contributed by atoms with Crippen LogP contribution >= 0.6 is 11.8 Å². The van der Waals surface area contributed by atoms with Gasteiger partial charge in [-0.05, 0) is 12.0 Å². The predicted molar refractivity (Wildman–Crippen MR) is 90.1 cm³/mol. The van der Waals surface area contributed by atoms with Gasteiger partial charge < -0.3 is 14.5 Å². The molecule has 0 unspecified atom stereocenters. The van der Waals surface area contributed by atoms with Gasteiger partial charge in [-0.3, -0.25) is 9.59 Å². The minimum atomic E-state index is -0.639. The highest BCUT2D eigenvalue weighted by atomic mass is 32.2. The largest absolute Gasteiger partial charge is 0.454 e. The topological polar surface area (TPSA) is 66.9 Å². The molecule has 0 aliphatic carbocycles. The van der Waals surface area contributed by atoms with E-state index in [0.717, 1.165) is 5.56 Å². The van der Waals surface area contributed by atoms with Crippen LogP contribution in [0.15, 0.2) is 30.3 Å². The van der Waals surface area contributed by atoms with Gasteiger partial charge in [-0.15, -0.1) is 11.8 Å². The van der Waals surface area contributed by atoms with E-state index in [1.54, 1.807) is 30.8 Å². The number of carbonyl (C=O) groups is 3. The molecule has 0 aromatic heterocycles. The zero-order valence-corrected chi connectivity index (χ0v) is 14.5. The Morgan fingerprint density at radius 2 is 2.04 bits per heavy atom. The Morgan fingerprint density at radius 1 is 1.33 bits per heavy atom. The molecule has 6 nitrogen and oxygen atoms in total. The highest BCUT2D eigenvalue weighted by Crippen LogP contribution is 2.54. The third kappa shape index (κ3) is 2.77. The van der Waals surface area contributed by atoms with Gasteiger partial charge in [-0.1, -0.05) is 30.3 Å². The van der Waals surface area contributed by atoms with Crippen LogP contribution in [0.25, 0.3) is 0 Å². The molecule has 0 bridgehead atoms. The van der Waals surface area contributed by atoms with Gasteiger partial charge in [0.2, 0.25) is 5.91 Å². The summed E-state index contributed by atoms with van der Waals surface area (Å²) in [6, 6.07) is 9.14. The van der Waals surface area contributed by atoms with Crippen LogP contribution < -0.4 is 0 Å². The first-order valence-corrected chi connectivity index (χ1v) is 8.83. The molecule has 0 spiro atoms. The molecule has 0 radical (unpaired) electrons. The smallest absolute Gasteiger partial charge is 0.330 e. The number of amides is 2. The second kappa shape index (κ2) is 6.47. The normalized spacial score (nSPS) is 25.5. The number of rotatable bonds is 4. The maximum atomic E-state index is 12.4. The van der Waals surface area contributed by atoms with Crippen LogP contribution in [0, 0.1) is 0 Å². The van der Waals surface area contributed by atoms with Crippen molar-refractivity contribution in [3.63, 3.8) is 0 Å². The molecule has 0 saturated carbocycles. The lowest BCUT2D eigenvalue weighted by Crippen LogP contribution is -2.47. The van der Waals surface area contributed by atoms with E-state index in [4.69, 9.17) is 4.74 Å². The summed E-state index contributed by atoms with van der Waals surface area (Å²) < 4.78 is 5.15. The third-order valence-corrected chi connectivity index (χ3v) is 6.06. The number of hydrogen-bond acceptors (Lipinski definition) is 5. The van der Waals surface area contributed by atoms with Gasteiger partial charge in [0.1, 0.15) is 10.9 Å². The first-order chi connectivity index (χ1) is 11.5. The Balaban J connectivity index is 1.79. The summed E-state index contributed by atoms with van der Waals surface area (Å²) in [5.41, 5.74) is 1.03. The molecule has 7 heteroatoms. The quantitative estimate of drug-likeness (QED) is 0.765. The fraction of sp³-hybridized carbons (Fsp3) is 0.471. The Kier molecular flexibility index (Phi) is 4.54. The molecule has 2 aliphatic rings. The lowest BCUT2D eigenvalue weighted by molar-refractivity contribution is -0.158. The summed E-state index contributed by atoms with van der Waals surface area (Å²) >= 11 is 1.60. The summed E-state index contributed by atoms with van der Waals surface area (Å²) in [5.74, 6) is -0.345. The Morgan fingerprint density at radius 3 is 2.71 bits per heavy atom. The van der Waals surface area contributed by atoms with Crippen LogP contribution in [-0.2, 0) is 24.0 Å². The Bertz CT molecular complexity index is 664. The van der Waals surface area contributed by atoms with Crippen LogP contribution in [0.3, 0.4) is 0 Å². The average molecular weight is 348 g/mol. The molecule has 24 heavy (non-hydrogen) atoms. The monoisotopic (exact) mass is 348 g/mol. The number of nitrogens with zero attached hydrogens (tertiary/aromatic N) is 2. The number of thioether (sulfide) groups is 1. The average Bonchev–Trinajstić information content (AvgIpc) is 3.12. The van der Waals surface area contributed by atoms with Crippen LogP contribution in [-0.4, -0.2) is 60.1 Å². The highest BCUT2D eigenvalue weighted by molar-refractivity contribution is 8.00. The van der Waals surface area contributed by atoms with E-state index in [9.17, 15) is 14.4 Å². The Hall–Kier alpha value is -2.02. The molecule has 2 atom stereocenters.